The van der Waals surface area contributed by atoms with E-state index in [1.165, 1.54) is 0 Å². The summed E-state index contributed by atoms with van der Waals surface area (Å²) in [5.41, 5.74) is 2.62. The third kappa shape index (κ3) is 3.01. The number of nitrogens with zero attached hydrogens (tertiary/aromatic N) is 2. The molecule has 0 saturated carbocycles. The Balaban J connectivity index is 2.38. The predicted octanol–water partition coefficient (Wildman–Crippen LogP) is 2.88. The number of halogens is 1. The smallest absolute Gasteiger partial charge is 0.303 e. The Hall–Kier alpha value is -1.82. The van der Waals surface area contributed by atoms with E-state index in [0.29, 0.717) is 6.42 Å². The minimum Gasteiger partial charge on any atom is -0.497 e. The second-order valence-electron chi connectivity index (χ2n) is 4.36. The lowest BCUT2D eigenvalue weighted by Gasteiger charge is -2.05. The summed E-state index contributed by atoms with van der Waals surface area (Å²) in [6, 6.07) is 7.66. The largest absolute Gasteiger partial charge is 0.497 e. The van der Waals surface area contributed by atoms with Crippen LogP contribution in [0.5, 0.6) is 5.75 Å². The molecule has 106 valence electrons. The highest BCUT2D eigenvalue weighted by Crippen LogP contribution is 2.32. The Kier molecular flexibility index (Phi) is 4.44. The summed E-state index contributed by atoms with van der Waals surface area (Å²) in [5.74, 6) is -0.0619. The lowest BCUT2D eigenvalue weighted by atomic mass is 10.1. The average Bonchev–Trinajstić information content (AvgIpc) is 2.71. The van der Waals surface area contributed by atoms with Gasteiger partial charge in [0, 0.05) is 19.0 Å². The van der Waals surface area contributed by atoms with Gasteiger partial charge in [0.2, 0.25) is 0 Å². The maximum absolute atomic E-state index is 10.7. The van der Waals surface area contributed by atoms with Gasteiger partial charge in [-0.1, -0.05) is 12.1 Å². The first-order valence-electron chi connectivity index (χ1n) is 6.10. The van der Waals surface area contributed by atoms with Crippen molar-refractivity contribution >= 4 is 21.9 Å². The molecular formula is C14H15BrN2O3. The summed E-state index contributed by atoms with van der Waals surface area (Å²) in [6.45, 7) is 0. The third-order valence-corrected chi connectivity index (χ3v) is 3.81. The van der Waals surface area contributed by atoms with Gasteiger partial charge in [0.05, 0.1) is 29.4 Å². The zero-order chi connectivity index (χ0) is 14.7. The van der Waals surface area contributed by atoms with Crippen LogP contribution >= 0.6 is 15.9 Å². The minimum atomic E-state index is -0.828. The van der Waals surface area contributed by atoms with E-state index in [-0.39, 0.29) is 6.42 Å². The zero-order valence-electron chi connectivity index (χ0n) is 11.3. The molecule has 2 rings (SSSR count). The molecule has 5 nitrogen and oxygen atoms in total. The zero-order valence-corrected chi connectivity index (χ0v) is 12.8. The number of aliphatic carboxylic acids is 1. The number of rotatable bonds is 5. The Bertz CT molecular complexity index is 637. The number of ether oxygens (including phenoxy) is 1. The topological polar surface area (TPSA) is 64.3 Å². The fourth-order valence-corrected chi connectivity index (χ4v) is 2.79. The SMILES string of the molecule is COc1cccc(-c2c(Br)c(CCC(=O)O)nn2C)c1. The monoisotopic (exact) mass is 338 g/mol. The molecule has 0 amide bonds. The number of carboxylic acids is 1. The van der Waals surface area contributed by atoms with Crippen molar-refractivity contribution in [3.8, 4) is 17.0 Å². The second kappa shape index (κ2) is 6.09. The highest BCUT2D eigenvalue weighted by atomic mass is 79.9. The van der Waals surface area contributed by atoms with Gasteiger partial charge in [0.15, 0.2) is 0 Å². The molecule has 2 aromatic rings. The molecule has 0 saturated heterocycles. The number of aryl methyl sites for hydroxylation is 2. The molecule has 0 fully saturated rings. The molecule has 0 aliphatic heterocycles. The van der Waals surface area contributed by atoms with Crippen molar-refractivity contribution in [2.24, 2.45) is 7.05 Å². The van der Waals surface area contributed by atoms with Crippen molar-refractivity contribution in [3.63, 3.8) is 0 Å². The highest BCUT2D eigenvalue weighted by Gasteiger charge is 2.16. The van der Waals surface area contributed by atoms with Crippen LogP contribution < -0.4 is 4.74 Å². The first kappa shape index (κ1) is 14.6. The fraction of sp³-hybridized carbons (Fsp3) is 0.286. The molecule has 0 radical (unpaired) electrons. The number of hydrogen-bond donors (Lipinski definition) is 1. The molecule has 20 heavy (non-hydrogen) atoms. The molecular weight excluding hydrogens is 324 g/mol. The van der Waals surface area contributed by atoms with Crippen molar-refractivity contribution in [3.05, 3.63) is 34.4 Å². The summed E-state index contributed by atoms with van der Waals surface area (Å²) in [4.78, 5) is 10.7. The molecule has 0 aliphatic rings. The van der Waals surface area contributed by atoms with E-state index in [2.05, 4.69) is 21.0 Å². The summed E-state index contributed by atoms with van der Waals surface area (Å²) < 4.78 is 7.79. The Morgan fingerprint density at radius 3 is 2.90 bits per heavy atom. The molecule has 1 N–H and O–H groups in total. The van der Waals surface area contributed by atoms with Crippen molar-refractivity contribution in [1.82, 2.24) is 9.78 Å². The van der Waals surface area contributed by atoms with E-state index in [0.717, 1.165) is 27.2 Å². The maximum Gasteiger partial charge on any atom is 0.303 e. The van der Waals surface area contributed by atoms with Gasteiger partial charge in [-0.2, -0.15) is 5.10 Å². The maximum atomic E-state index is 10.7. The van der Waals surface area contributed by atoms with Crippen molar-refractivity contribution in [1.29, 1.82) is 0 Å². The van der Waals surface area contributed by atoms with Crippen LogP contribution in [0.3, 0.4) is 0 Å². The van der Waals surface area contributed by atoms with E-state index in [9.17, 15) is 4.79 Å². The van der Waals surface area contributed by atoms with Crippen LogP contribution in [0.4, 0.5) is 0 Å². The first-order valence-corrected chi connectivity index (χ1v) is 6.89. The summed E-state index contributed by atoms with van der Waals surface area (Å²) >= 11 is 3.52. The van der Waals surface area contributed by atoms with Gasteiger partial charge < -0.3 is 9.84 Å². The van der Waals surface area contributed by atoms with E-state index in [1.807, 2.05) is 31.3 Å². The molecule has 1 aromatic heterocycles. The molecule has 0 bridgehead atoms. The number of aromatic nitrogens is 2. The predicted molar refractivity (Wildman–Crippen MR) is 78.9 cm³/mol. The normalized spacial score (nSPS) is 10.6. The van der Waals surface area contributed by atoms with Gasteiger partial charge in [0.25, 0.3) is 0 Å². The minimum absolute atomic E-state index is 0.0627. The molecule has 6 heteroatoms. The van der Waals surface area contributed by atoms with Crippen LogP contribution in [0.25, 0.3) is 11.3 Å². The van der Waals surface area contributed by atoms with Crippen LogP contribution in [0.2, 0.25) is 0 Å². The third-order valence-electron chi connectivity index (χ3n) is 2.97. The summed E-state index contributed by atoms with van der Waals surface area (Å²) in [5, 5.41) is 13.1. The van der Waals surface area contributed by atoms with E-state index in [1.54, 1.807) is 11.8 Å². The average molecular weight is 339 g/mol. The van der Waals surface area contributed by atoms with E-state index >= 15 is 0 Å². The van der Waals surface area contributed by atoms with Crippen LogP contribution in [0.1, 0.15) is 12.1 Å². The van der Waals surface area contributed by atoms with Gasteiger partial charge in [-0.05, 0) is 28.1 Å². The van der Waals surface area contributed by atoms with Gasteiger partial charge in [-0.15, -0.1) is 0 Å². The lowest BCUT2D eigenvalue weighted by molar-refractivity contribution is -0.136. The van der Waals surface area contributed by atoms with Crippen molar-refractivity contribution < 1.29 is 14.6 Å². The van der Waals surface area contributed by atoms with Crippen LogP contribution in [-0.4, -0.2) is 28.0 Å². The second-order valence-corrected chi connectivity index (χ2v) is 5.15. The summed E-state index contributed by atoms with van der Waals surface area (Å²) in [7, 11) is 3.46. The molecule has 1 heterocycles. The summed E-state index contributed by atoms with van der Waals surface area (Å²) in [6.07, 6.45) is 0.459. The Labute approximate surface area is 125 Å². The van der Waals surface area contributed by atoms with Crippen LogP contribution in [-0.2, 0) is 18.3 Å². The van der Waals surface area contributed by atoms with E-state index < -0.39 is 5.97 Å². The number of carbonyl (C=O) groups is 1. The van der Waals surface area contributed by atoms with Crippen molar-refractivity contribution in [2.75, 3.05) is 7.11 Å². The number of methoxy groups -OCH3 is 1. The number of carboxylic acid groups (broad SMARTS) is 1. The Morgan fingerprint density at radius 1 is 1.50 bits per heavy atom. The highest BCUT2D eigenvalue weighted by molar-refractivity contribution is 9.10. The molecule has 0 spiro atoms. The van der Waals surface area contributed by atoms with Gasteiger partial charge in [-0.25, -0.2) is 0 Å². The molecule has 0 atom stereocenters. The van der Waals surface area contributed by atoms with Crippen LogP contribution in [0, 0.1) is 0 Å². The standard InChI is InChI=1S/C14H15BrN2O3/c1-17-14(9-4-3-5-10(8-9)20-2)13(15)11(16-17)6-7-12(18)19/h3-5,8H,6-7H2,1-2H3,(H,18,19). The molecule has 0 aliphatic carbocycles. The first-order chi connectivity index (χ1) is 9.52. The van der Waals surface area contributed by atoms with Crippen molar-refractivity contribution in [2.45, 2.75) is 12.8 Å². The quantitative estimate of drug-likeness (QED) is 0.910. The molecule has 1 aromatic carbocycles. The fourth-order valence-electron chi connectivity index (χ4n) is 2.02. The van der Waals surface area contributed by atoms with Gasteiger partial charge >= 0.3 is 5.97 Å². The van der Waals surface area contributed by atoms with Gasteiger partial charge in [-0.3, -0.25) is 9.48 Å². The van der Waals surface area contributed by atoms with Gasteiger partial charge in [0.1, 0.15) is 5.75 Å². The Morgan fingerprint density at radius 2 is 2.25 bits per heavy atom. The molecule has 0 unspecified atom stereocenters. The van der Waals surface area contributed by atoms with E-state index in [4.69, 9.17) is 9.84 Å². The number of benzene rings is 1. The van der Waals surface area contributed by atoms with Crippen LogP contribution in [0.15, 0.2) is 28.7 Å². The number of hydrogen-bond acceptors (Lipinski definition) is 3. The lowest BCUT2D eigenvalue weighted by Crippen LogP contribution is -1.99.